The van der Waals surface area contributed by atoms with E-state index in [-0.39, 0.29) is 11.3 Å². The molecule has 1 saturated heterocycles. The third-order valence-corrected chi connectivity index (χ3v) is 5.29. The Labute approximate surface area is 137 Å². The Bertz CT molecular complexity index is 776. The standard InChI is InChI=1S/C15H13Cl2N3O2/c1-8-18-14(22-19-8)15-5-10(15)6-20(7-15)13(21)9-2-3-11(16)12(17)4-9/h2-4,10H,5-7H2,1H3/t10-,15-/m0/s1. The summed E-state index contributed by atoms with van der Waals surface area (Å²) in [5.41, 5.74) is 0.403. The van der Waals surface area contributed by atoms with E-state index in [1.807, 2.05) is 4.90 Å². The fourth-order valence-electron chi connectivity index (χ4n) is 3.28. The van der Waals surface area contributed by atoms with Crippen molar-refractivity contribution >= 4 is 29.1 Å². The van der Waals surface area contributed by atoms with Crippen molar-refractivity contribution in [2.75, 3.05) is 13.1 Å². The second-order valence-electron chi connectivity index (χ2n) is 6.02. The number of hydrogen-bond donors (Lipinski definition) is 0. The van der Waals surface area contributed by atoms with Crippen molar-refractivity contribution in [1.82, 2.24) is 15.0 Å². The molecule has 0 unspecified atom stereocenters. The van der Waals surface area contributed by atoms with Gasteiger partial charge in [-0.2, -0.15) is 4.98 Å². The number of hydrogen-bond acceptors (Lipinski definition) is 4. The van der Waals surface area contributed by atoms with E-state index in [0.717, 1.165) is 6.42 Å². The third kappa shape index (κ3) is 2.03. The minimum atomic E-state index is -0.146. The maximum Gasteiger partial charge on any atom is 0.253 e. The number of carbonyl (C=O) groups excluding carboxylic acids is 1. The highest BCUT2D eigenvalue weighted by molar-refractivity contribution is 6.42. The van der Waals surface area contributed by atoms with Gasteiger partial charge in [0.2, 0.25) is 5.89 Å². The minimum Gasteiger partial charge on any atom is -0.339 e. The molecule has 1 aliphatic heterocycles. The van der Waals surface area contributed by atoms with Crippen LogP contribution in [0, 0.1) is 12.8 Å². The van der Waals surface area contributed by atoms with Crippen molar-refractivity contribution in [2.24, 2.45) is 5.92 Å². The van der Waals surface area contributed by atoms with Gasteiger partial charge in [-0.25, -0.2) is 0 Å². The molecular weight excluding hydrogens is 325 g/mol. The Morgan fingerprint density at radius 3 is 2.91 bits per heavy atom. The monoisotopic (exact) mass is 337 g/mol. The summed E-state index contributed by atoms with van der Waals surface area (Å²) in [5, 5.41) is 4.69. The number of carbonyl (C=O) groups is 1. The Morgan fingerprint density at radius 1 is 1.41 bits per heavy atom. The van der Waals surface area contributed by atoms with Gasteiger partial charge in [-0.1, -0.05) is 28.4 Å². The van der Waals surface area contributed by atoms with Gasteiger partial charge in [0.1, 0.15) is 0 Å². The highest BCUT2D eigenvalue weighted by Crippen LogP contribution is 2.58. The first kappa shape index (κ1) is 14.0. The SMILES string of the molecule is Cc1noc([C@]23C[C@H]2CN(C(=O)c2ccc(Cl)c(Cl)c2)C3)n1. The molecule has 7 heteroatoms. The van der Waals surface area contributed by atoms with Crippen LogP contribution >= 0.6 is 23.2 Å². The highest BCUT2D eigenvalue weighted by atomic mass is 35.5. The molecule has 114 valence electrons. The number of nitrogens with zero attached hydrogens (tertiary/aromatic N) is 3. The third-order valence-electron chi connectivity index (χ3n) is 4.55. The maximum atomic E-state index is 12.6. The van der Waals surface area contributed by atoms with Crippen LogP contribution in [-0.4, -0.2) is 34.0 Å². The largest absolute Gasteiger partial charge is 0.339 e. The molecule has 2 atom stereocenters. The van der Waals surface area contributed by atoms with E-state index in [9.17, 15) is 4.79 Å². The first-order valence-electron chi connectivity index (χ1n) is 7.05. The van der Waals surface area contributed by atoms with Crippen LogP contribution in [0.25, 0.3) is 0 Å². The lowest BCUT2D eigenvalue weighted by Gasteiger charge is -2.20. The van der Waals surface area contributed by atoms with Gasteiger partial charge in [-0.05, 0) is 37.5 Å². The van der Waals surface area contributed by atoms with E-state index in [1.165, 1.54) is 0 Å². The van der Waals surface area contributed by atoms with Crippen LogP contribution in [-0.2, 0) is 5.41 Å². The number of aromatic nitrogens is 2. The first-order valence-corrected chi connectivity index (χ1v) is 7.80. The topological polar surface area (TPSA) is 59.2 Å². The molecule has 2 aliphatic rings. The number of piperidine rings is 1. The van der Waals surface area contributed by atoms with E-state index < -0.39 is 0 Å². The summed E-state index contributed by atoms with van der Waals surface area (Å²) in [5.74, 6) is 1.64. The van der Waals surface area contributed by atoms with Gasteiger partial charge in [-0.15, -0.1) is 0 Å². The van der Waals surface area contributed by atoms with Crippen molar-refractivity contribution in [3.05, 3.63) is 45.5 Å². The van der Waals surface area contributed by atoms with Crippen LogP contribution in [0.5, 0.6) is 0 Å². The van der Waals surface area contributed by atoms with Crippen LogP contribution in [0.4, 0.5) is 0 Å². The summed E-state index contributed by atoms with van der Waals surface area (Å²) in [7, 11) is 0. The maximum absolute atomic E-state index is 12.6. The second kappa shape index (κ2) is 4.70. The number of fused-ring (bicyclic) bond motifs is 1. The molecule has 0 radical (unpaired) electrons. The molecule has 2 heterocycles. The Hall–Kier alpha value is -1.59. The predicted molar refractivity (Wildman–Crippen MR) is 81.2 cm³/mol. The van der Waals surface area contributed by atoms with E-state index >= 15 is 0 Å². The van der Waals surface area contributed by atoms with Crippen LogP contribution in [0.15, 0.2) is 22.7 Å². The molecular formula is C15H13Cl2N3O2. The number of halogens is 2. The van der Waals surface area contributed by atoms with Crippen molar-refractivity contribution in [3.63, 3.8) is 0 Å². The minimum absolute atomic E-state index is 0.0404. The fourth-order valence-corrected chi connectivity index (χ4v) is 3.58. The molecule has 0 spiro atoms. The number of benzene rings is 1. The summed E-state index contributed by atoms with van der Waals surface area (Å²) in [6.45, 7) is 3.12. The summed E-state index contributed by atoms with van der Waals surface area (Å²) in [4.78, 5) is 18.8. The summed E-state index contributed by atoms with van der Waals surface area (Å²) in [6, 6.07) is 4.95. The van der Waals surface area contributed by atoms with Gasteiger partial charge in [0.25, 0.3) is 5.91 Å². The smallest absolute Gasteiger partial charge is 0.253 e. The molecule has 22 heavy (non-hydrogen) atoms. The Kier molecular flexibility index (Phi) is 3.00. The summed E-state index contributed by atoms with van der Waals surface area (Å²) >= 11 is 11.9. The predicted octanol–water partition coefficient (Wildman–Crippen LogP) is 3.10. The zero-order valence-electron chi connectivity index (χ0n) is 11.8. The summed E-state index contributed by atoms with van der Waals surface area (Å²) < 4.78 is 5.32. The van der Waals surface area contributed by atoms with Crippen molar-refractivity contribution in [3.8, 4) is 0 Å². The highest BCUT2D eigenvalue weighted by Gasteiger charge is 2.65. The van der Waals surface area contributed by atoms with Crippen LogP contribution in [0.2, 0.25) is 10.0 Å². The number of rotatable bonds is 2. The van der Waals surface area contributed by atoms with Crippen molar-refractivity contribution in [1.29, 1.82) is 0 Å². The van der Waals surface area contributed by atoms with Gasteiger partial charge < -0.3 is 9.42 Å². The Morgan fingerprint density at radius 2 is 2.23 bits per heavy atom. The molecule has 0 bridgehead atoms. The van der Waals surface area contributed by atoms with Gasteiger partial charge in [0.15, 0.2) is 5.82 Å². The molecule has 1 aromatic carbocycles. The molecule has 1 aromatic heterocycles. The van der Waals surface area contributed by atoms with E-state index in [2.05, 4.69) is 10.1 Å². The van der Waals surface area contributed by atoms with E-state index in [0.29, 0.717) is 46.3 Å². The van der Waals surface area contributed by atoms with E-state index in [4.69, 9.17) is 27.7 Å². The van der Waals surface area contributed by atoms with Gasteiger partial charge in [0.05, 0.1) is 15.5 Å². The lowest BCUT2D eigenvalue weighted by Crippen LogP contribution is -2.32. The van der Waals surface area contributed by atoms with Crippen LogP contribution in [0.3, 0.4) is 0 Å². The van der Waals surface area contributed by atoms with Gasteiger partial charge in [0, 0.05) is 18.7 Å². The molecule has 2 aromatic rings. The van der Waals surface area contributed by atoms with Gasteiger partial charge in [-0.3, -0.25) is 4.79 Å². The number of aryl methyl sites for hydroxylation is 1. The molecule has 4 rings (SSSR count). The quantitative estimate of drug-likeness (QED) is 0.844. The molecule has 5 nitrogen and oxygen atoms in total. The van der Waals surface area contributed by atoms with Crippen molar-refractivity contribution in [2.45, 2.75) is 18.8 Å². The normalized spacial score (nSPS) is 26.1. The lowest BCUT2D eigenvalue weighted by atomic mass is 10.1. The zero-order valence-corrected chi connectivity index (χ0v) is 13.4. The molecule has 1 aliphatic carbocycles. The lowest BCUT2D eigenvalue weighted by molar-refractivity contribution is 0.0769. The molecule has 1 amide bonds. The first-order chi connectivity index (χ1) is 10.5. The van der Waals surface area contributed by atoms with Crippen LogP contribution < -0.4 is 0 Å². The second-order valence-corrected chi connectivity index (χ2v) is 6.83. The van der Waals surface area contributed by atoms with Gasteiger partial charge >= 0.3 is 0 Å². The number of likely N-dealkylation sites (tertiary alicyclic amines) is 1. The fraction of sp³-hybridized carbons (Fsp3) is 0.400. The summed E-state index contributed by atoms with van der Waals surface area (Å²) in [6.07, 6.45) is 1.000. The molecule has 2 fully saturated rings. The molecule has 0 N–H and O–H groups in total. The van der Waals surface area contributed by atoms with Crippen molar-refractivity contribution < 1.29 is 9.32 Å². The Balaban J connectivity index is 1.56. The van der Waals surface area contributed by atoms with Crippen LogP contribution in [0.1, 0.15) is 28.5 Å². The average Bonchev–Trinajstić information content (AvgIpc) is 2.85. The zero-order chi connectivity index (χ0) is 15.5. The molecule has 1 saturated carbocycles. The average molecular weight is 338 g/mol. The number of amides is 1. The van der Waals surface area contributed by atoms with E-state index in [1.54, 1.807) is 25.1 Å².